The van der Waals surface area contributed by atoms with E-state index in [0.29, 0.717) is 0 Å². The van der Waals surface area contributed by atoms with Gasteiger partial charge >= 0.3 is 0 Å². The molecule has 0 bridgehead atoms. The van der Waals surface area contributed by atoms with Crippen molar-refractivity contribution in [3.05, 3.63) is 60.2 Å². The number of ketones is 1. The SMILES string of the molecule is CC(=O)C(Br)c1cccc2c1ccc1ccccc12. The Morgan fingerprint density at radius 3 is 2.42 bits per heavy atom. The van der Waals surface area contributed by atoms with E-state index in [2.05, 4.69) is 46.3 Å². The maximum absolute atomic E-state index is 11.6. The van der Waals surface area contributed by atoms with Crippen molar-refractivity contribution in [2.45, 2.75) is 11.8 Å². The van der Waals surface area contributed by atoms with Crippen LogP contribution < -0.4 is 0 Å². The lowest BCUT2D eigenvalue weighted by molar-refractivity contribution is -0.116. The van der Waals surface area contributed by atoms with Gasteiger partial charge in [-0.25, -0.2) is 0 Å². The molecule has 1 nitrogen and oxygen atoms in total. The minimum absolute atomic E-state index is 0.126. The number of carbonyl (C=O) groups excluding carboxylic acids is 1. The first kappa shape index (κ1) is 12.4. The van der Waals surface area contributed by atoms with Crippen LogP contribution in [0.25, 0.3) is 21.5 Å². The zero-order valence-electron chi connectivity index (χ0n) is 10.6. The molecular weight excluding hydrogens is 300 g/mol. The molecule has 0 aliphatic heterocycles. The van der Waals surface area contributed by atoms with Crippen LogP contribution in [-0.4, -0.2) is 5.78 Å². The van der Waals surface area contributed by atoms with E-state index in [-0.39, 0.29) is 10.6 Å². The summed E-state index contributed by atoms with van der Waals surface area (Å²) in [6.45, 7) is 1.61. The number of hydrogen-bond donors (Lipinski definition) is 0. The summed E-state index contributed by atoms with van der Waals surface area (Å²) >= 11 is 3.49. The van der Waals surface area contributed by atoms with E-state index in [1.165, 1.54) is 16.2 Å². The zero-order valence-corrected chi connectivity index (χ0v) is 12.1. The quantitative estimate of drug-likeness (QED) is 0.480. The molecule has 0 spiro atoms. The molecule has 1 atom stereocenters. The Kier molecular flexibility index (Phi) is 3.11. The van der Waals surface area contributed by atoms with Crippen LogP contribution in [0.15, 0.2) is 54.6 Å². The van der Waals surface area contributed by atoms with E-state index in [0.717, 1.165) is 10.9 Å². The number of Topliss-reactive ketones (excluding diaryl/α,β-unsaturated/α-hetero) is 1. The van der Waals surface area contributed by atoms with Crippen molar-refractivity contribution in [1.29, 1.82) is 0 Å². The zero-order chi connectivity index (χ0) is 13.4. The third-order valence-corrected chi connectivity index (χ3v) is 4.59. The van der Waals surface area contributed by atoms with Crippen LogP contribution in [0.1, 0.15) is 17.3 Å². The Morgan fingerprint density at radius 2 is 1.63 bits per heavy atom. The molecule has 3 aromatic rings. The molecular formula is C17H13BrO. The maximum atomic E-state index is 11.6. The lowest BCUT2D eigenvalue weighted by atomic mass is 9.96. The molecule has 94 valence electrons. The first-order valence-electron chi connectivity index (χ1n) is 6.23. The van der Waals surface area contributed by atoms with Crippen LogP contribution in [0, 0.1) is 0 Å². The van der Waals surface area contributed by atoms with Crippen molar-refractivity contribution in [1.82, 2.24) is 0 Å². The first-order valence-corrected chi connectivity index (χ1v) is 7.15. The van der Waals surface area contributed by atoms with Gasteiger partial charge in [0.05, 0.1) is 4.83 Å². The molecule has 19 heavy (non-hydrogen) atoms. The highest BCUT2D eigenvalue weighted by Gasteiger charge is 2.15. The van der Waals surface area contributed by atoms with Gasteiger partial charge in [0.2, 0.25) is 0 Å². The van der Waals surface area contributed by atoms with Gasteiger partial charge in [-0.15, -0.1) is 0 Å². The largest absolute Gasteiger partial charge is 0.298 e. The Morgan fingerprint density at radius 1 is 0.895 bits per heavy atom. The molecule has 0 radical (unpaired) electrons. The second-order valence-electron chi connectivity index (χ2n) is 4.70. The van der Waals surface area contributed by atoms with Gasteiger partial charge in [0.1, 0.15) is 5.78 Å². The van der Waals surface area contributed by atoms with Crippen molar-refractivity contribution < 1.29 is 4.79 Å². The average molecular weight is 313 g/mol. The fourth-order valence-corrected chi connectivity index (χ4v) is 2.90. The normalized spacial score (nSPS) is 12.7. The third-order valence-electron chi connectivity index (χ3n) is 3.45. The molecule has 0 heterocycles. The molecule has 0 saturated heterocycles. The molecule has 3 rings (SSSR count). The minimum atomic E-state index is -0.239. The van der Waals surface area contributed by atoms with Crippen molar-refractivity contribution in [2.24, 2.45) is 0 Å². The van der Waals surface area contributed by atoms with Gasteiger partial charge in [0.15, 0.2) is 0 Å². The Balaban J connectivity index is 2.38. The lowest BCUT2D eigenvalue weighted by Gasteiger charge is -2.12. The number of alkyl halides is 1. The van der Waals surface area contributed by atoms with Gasteiger partial charge in [-0.05, 0) is 34.0 Å². The van der Waals surface area contributed by atoms with E-state index >= 15 is 0 Å². The molecule has 0 saturated carbocycles. The molecule has 2 heteroatoms. The summed E-state index contributed by atoms with van der Waals surface area (Å²) < 4.78 is 0. The minimum Gasteiger partial charge on any atom is -0.298 e. The Labute approximate surface area is 120 Å². The monoisotopic (exact) mass is 312 g/mol. The molecule has 3 aromatic carbocycles. The second-order valence-corrected chi connectivity index (χ2v) is 5.62. The smallest absolute Gasteiger partial charge is 0.147 e. The topological polar surface area (TPSA) is 17.1 Å². The summed E-state index contributed by atoms with van der Waals surface area (Å²) in [5.41, 5.74) is 1.04. The summed E-state index contributed by atoms with van der Waals surface area (Å²) in [5.74, 6) is 0.126. The summed E-state index contributed by atoms with van der Waals surface area (Å²) in [6.07, 6.45) is 0. The van der Waals surface area contributed by atoms with Gasteiger partial charge in [-0.2, -0.15) is 0 Å². The number of rotatable bonds is 2. The fraction of sp³-hybridized carbons (Fsp3) is 0.118. The van der Waals surface area contributed by atoms with E-state index in [1.807, 2.05) is 24.3 Å². The number of hydrogen-bond acceptors (Lipinski definition) is 1. The molecule has 0 aromatic heterocycles. The molecule has 0 aliphatic rings. The summed E-state index contributed by atoms with van der Waals surface area (Å²) in [4.78, 5) is 11.4. The van der Waals surface area contributed by atoms with E-state index in [4.69, 9.17) is 0 Å². The van der Waals surface area contributed by atoms with Crippen molar-refractivity contribution in [3.63, 3.8) is 0 Å². The molecule has 0 fully saturated rings. The highest BCUT2D eigenvalue weighted by atomic mass is 79.9. The van der Waals surface area contributed by atoms with Crippen LogP contribution in [-0.2, 0) is 4.79 Å². The molecule has 1 unspecified atom stereocenters. The maximum Gasteiger partial charge on any atom is 0.147 e. The standard InChI is InChI=1S/C17H13BrO/c1-11(19)17(18)16-8-4-7-14-13-6-3-2-5-12(13)9-10-15(14)16/h2-10,17H,1H3. The van der Waals surface area contributed by atoms with Crippen molar-refractivity contribution >= 4 is 43.3 Å². The Hall–Kier alpha value is -1.67. The van der Waals surface area contributed by atoms with Gasteiger partial charge in [0, 0.05) is 0 Å². The lowest BCUT2D eigenvalue weighted by Crippen LogP contribution is -2.01. The van der Waals surface area contributed by atoms with Crippen molar-refractivity contribution in [2.75, 3.05) is 0 Å². The van der Waals surface area contributed by atoms with Gasteiger partial charge in [-0.3, -0.25) is 4.79 Å². The number of carbonyl (C=O) groups is 1. The fourth-order valence-electron chi connectivity index (χ4n) is 2.50. The molecule has 0 amide bonds. The van der Waals surface area contributed by atoms with E-state index in [1.54, 1.807) is 6.92 Å². The highest BCUT2D eigenvalue weighted by Crippen LogP contribution is 2.33. The van der Waals surface area contributed by atoms with E-state index < -0.39 is 0 Å². The second kappa shape index (κ2) is 4.78. The van der Waals surface area contributed by atoms with Gasteiger partial charge in [0.25, 0.3) is 0 Å². The predicted molar refractivity (Wildman–Crippen MR) is 83.8 cm³/mol. The van der Waals surface area contributed by atoms with Crippen LogP contribution in [0.2, 0.25) is 0 Å². The van der Waals surface area contributed by atoms with Crippen molar-refractivity contribution in [3.8, 4) is 0 Å². The van der Waals surface area contributed by atoms with Gasteiger partial charge < -0.3 is 0 Å². The summed E-state index contributed by atoms with van der Waals surface area (Å²) in [5, 5.41) is 4.78. The average Bonchev–Trinajstić information content (AvgIpc) is 2.45. The number of fused-ring (bicyclic) bond motifs is 3. The number of benzene rings is 3. The van der Waals surface area contributed by atoms with Crippen LogP contribution in [0.5, 0.6) is 0 Å². The van der Waals surface area contributed by atoms with Crippen LogP contribution >= 0.6 is 15.9 Å². The summed E-state index contributed by atoms with van der Waals surface area (Å²) in [6, 6.07) is 18.7. The number of halogens is 1. The van der Waals surface area contributed by atoms with Crippen LogP contribution in [0.4, 0.5) is 0 Å². The predicted octanol–water partition coefficient (Wildman–Crippen LogP) is 5.02. The van der Waals surface area contributed by atoms with E-state index in [9.17, 15) is 4.79 Å². The highest BCUT2D eigenvalue weighted by molar-refractivity contribution is 9.09. The third kappa shape index (κ3) is 2.06. The first-order chi connectivity index (χ1) is 9.18. The molecule has 0 aliphatic carbocycles. The van der Waals surface area contributed by atoms with Crippen LogP contribution in [0.3, 0.4) is 0 Å². The summed E-state index contributed by atoms with van der Waals surface area (Å²) in [7, 11) is 0. The molecule has 0 N–H and O–H groups in total. The Bertz CT molecular complexity index is 776. The van der Waals surface area contributed by atoms with Gasteiger partial charge in [-0.1, -0.05) is 70.5 Å².